The first-order valence-electron chi connectivity index (χ1n) is 5.40. The summed E-state index contributed by atoms with van der Waals surface area (Å²) in [5.41, 5.74) is 0. The van der Waals surface area contributed by atoms with Gasteiger partial charge in [0.05, 0.1) is 11.4 Å². The number of rotatable bonds is 9. The molecule has 0 amide bonds. The normalized spacial score (nSPS) is 14.7. The van der Waals surface area contributed by atoms with E-state index < -0.39 is 11.6 Å². The van der Waals surface area contributed by atoms with Crippen LogP contribution in [0, 0.1) is 0 Å². The van der Waals surface area contributed by atoms with Crippen molar-refractivity contribution < 1.29 is 18.9 Å². The minimum atomic E-state index is -0.720. The molecule has 0 spiro atoms. The molecule has 1 atom stereocenters. The van der Waals surface area contributed by atoms with E-state index in [1.54, 1.807) is 27.4 Å². The van der Waals surface area contributed by atoms with Crippen LogP contribution in [0.15, 0.2) is 12.7 Å². The predicted octanol–water partition coefficient (Wildman–Crippen LogP) is 2.71. The molecule has 0 radical (unpaired) electrons. The van der Waals surface area contributed by atoms with Gasteiger partial charge in [-0.3, -0.25) is 0 Å². The van der Waals surface area contributed by atoms with E-state index in [2.05, 4.69) is 22.5 Å². The van der Waals surface area contributed by atoms with Gasteiger partial charge in [-0.2, -0.15) is 0 Å². The van der Waals surface area contributed by atoms with Crippen molar-refractivity contribution in [3.8, 4) is 0 Å². The zero-order chi connectivity index (χ0) is 13.5. The third-order valence-electron chi connectivity index (χ3n) is 2.65. The van der Waals surface area contributed by atoms with Gasteiger partial charge in [-0.15, -0.1) is 6.58 Å². The first kappa shape index (κ1) is 17.1. The Kier molecular flexibility index (Phi) is 7.51. The van der Waals surface area contributed by atoms with Crippen LogP contribution in [0.3, 0.4) is 0 Å². The summed E-state index contributed by atoms with van der Waals surface area (Å²) in [5.74, 6) is -1.39. The van der Waals surface area contributed by atoms with Gasteiger partial charge in [0.15, 0.2) is 11.6 Å². The summed E-state index contributed by atoms with van der Waals surface area (Å²) in [6.07, 6.45) is 2.03. The van der Waals surface area contributed by atoms with E-state index in [-0.39, 0.29) is 6.10 Å². The Balaban J connectivity index is 4.63. The number of halogens is 1. The van der Waals surface area contributed by atoms with Gasteiger partial charge in [-0.1, -0.05) is 22.0 Å². The van der Waals surface area contributed by atoms with Crippen LogP contribution in [0.2, 0.25) is 0 Å². The average Bonchev–Trinajstić information content (AvgIpc) is 2.34. The molecule has 0 aliphatic heterocycles. The smallest absolute Gasteiger partial charge is 0.180 e. The second-order valence-electron chi connectivity index (χ2n) is 4.15. The van der Waals surface area contributed by atoms with Crippen LogP contribution < -0.4 is 0 Å². The number of alkyl halides is 1. The van der Waals surface area contributed by atoms with Crippen molar-refractivity contribution in [2.75, 3.05) is 26.7 Å². The second-order valence-corrected chi connectivity index (χ2v) is 4.71. The maximum atomic E-state index is 5.78. The van der Waals surface area contributed by atoms with Crippen molar-refractivity contribution in [3.05, 3.63) is 12.7 Å². The van der Waals surface area contributed by atoms with E-state index in [0.717, 1.165) is 0 Å². The fourth-order valence-corrected chi connectivity index (χ4v) is 1.99. The maximum absolute atomic E-state index is 5.78. The van der Waals surface area contributed by atoms with Crippen molar-refractivity contribution in [1.29, 1.82) is 0 Å². The number of hydrogen-bond acceptors (Lipinski definition) is 4. The molecule has 0 bridgehead atoms. The lowest BCUT2D eigenvalue weighted by Gasteiger charge is -2.34. The fraction of sp³-hybridized carbons (Fsp3) is 0.833. The summed E-state index contributed by atoms with van der Waals surface area (Å²) >= 11 is 3.38. The van der Waals surface area contributed by atoms with Gasteiger partial charge in [0.2, 0.25) is 0 Å². The van der Waals surface area contributed by atoms with Gasteiger partial charge >= 0.3 is 0 Å². The van der Waals surface area contributed by atoms with Gasteiger partial charge in [-0.05, 0) is 13.8 Å². The molecule has 17 heavy (non-hydrogen) atoms. The Morgan fingerprint density at radius 3 is 2.00 bits per heavy atom. The highest BCUT2D eigenvalue weighted by atomic mass is 79.9. The molecule has 0 aliphatic carbocycles. The molecule has 5 heteroatoms. The largest absolute Gasteiger partial charge is 0.354 e. The number of ether oxygens (including phenoxy) is 4. The van der Waals surface area contributed by atoms with Crippen LogP contribution in [0.25, 0.3) is 0 Å². The van der Waals surface area contributed by atoms with Gasteiger partial charge in [0.25, 0.3) is 0 Å². The zero-order valence-corrected chi connectivity index (χ0v) is 12.9. The molecule has 0 aromatic carbocycles. The molecule has 0 aromatic rings. The molecule has 0 saturated carbocycles. The molecular formula is C12H23BrO4. The molecule has 4 nitrogen and oxygen atoms in total. The maximum Gasteiger partial charge on any atom is 0.180 e. The lowest BCUT2D eigenvalue weighted by Crippen LogP contribution is -2.42. The second kappa shape index (κ2) is 7.48. The summed E-state index contributed by atoms with van der Waals surface area (Å²) in [6.45, 7) is 7.45. The topological polar surface area (TPSA) is 36.9 Å². The third kappa shape index (κ3) is 5.48. The summed E-state index contributed by atoms with van der Waals surface area (Å²) in [4.78, 5) is 0. The molecule has 1 unspecified atom stereocenters. The Hall–Kier alpha value is 0.0600. The average molecular weight is 311 g/mol. The van der Waals surface area contributed by atoms with Gasteiger partial charge in [-0.25, -0.2) is 0 Å². The van der Waals surface area contributed by atoms with E-state index in [0.29, 0.717) is 11.8 Å². The van der Waals surface area contributed by atoms with Crippen molar-refractivity contribution in [3.63, 3.8) is 0 Å². The van der Waals surface area contributed by atoms with Crippen molar-refractivity contribution in [2.24, 2.45) is 0 Å². The highest BCUT2D eigenvalue weighted by Gasteiger charge is 2.33. The van der Waals surface area contributed by atoms with Gasteiger partial charge in [0.1, 0.15) is 0 Å². The fourth-order valence-electron chi connectivity index (χ4n) is 1.31. The number of hydrogen-bond donors (Lipinski definition) is 0. The molecule has 0 rings (SSSR count). The van der Waals surface area contributed by atoms with E-state index in [1.807, 2.05) is 13.8 Å². The molecule has 0 heterocycles. The molecule has 102 valence electrons. The lowest BCUT2D eigenvalue weighted by molar-refractivity contribution is -0.248. The first-order chi connectivity index (χ1) is 7.88. The van der Waals surface area contributed by atoms with Crippen molar-refractivity contribution in [1.82, 2.24) is 0 Å². The van der Waals surface area contributed by atoms with Gasteiger partial charge in [0, 0.05) is 27.8 Å². The molecular weight excluding hydrogens is 288 g/mol. The van der Waals surface area contributed by atoms with E-state index in [4.69, 9.17) is 18.9 Å². The summed E-state index contributed by atoms with van der Waals surface area (Å²) in [7, 11) is 4.81. The van der Waals surface area contributed by atoms with Crippen molar-refractivity contribution in [2.45, 2.75) is 37.9 Å². The van der Waals surface area contributed by atoms with E-state index in [9.17, 15) is 0 Å². The van der Waals surface area contributed by atoms with Crippen LogP contribution in [-0.4, -0.2) is 44.3 Å². The molecule has 0 aromatic heterocycles. The predicted molar refractivity (Wildman–Crippen MR) is 71.3 cm³/mol. The lowest BCUT2D eigenvalue weighted by atomic mass is 10.1. The molecule has 0 N–H and O–H groups in total. The van der Waals surface area contributed by atoms with Crippen LogP contribution in [0.1, 0.15) is 20.3 Å². The summed E-state index contributed by atoms with van der Waals surface area (Å²) in [5, 5.41) is 0.550. The van der Waals surface area contributed by atoms with Gasteiger partial charge < -0.3 is 18.9 Å². The Labute approximate surface area is 112 Å². The highest BCUT2D eigenvalue weighted by Crippen LogP contribution is 2.25. The molecule has 0 aliphatic rings. The Bertz CT molecular complexity index is 218. The van der Waals surface area contributed by atoms with E-state index >= 15 is 0 Å². The number of methoxy groups -OCH3 is 3. The van der Waals surface area contributed by atoms with Crippen molar-refractivity contribution >= 4 is 15.9 Å². The van der Waals surface area contributed by atoms with Crippen LogP contribution >= 0.6 is 15.9 Å². The zero-order valence-electron chi connectivity index (χ0n) is 11.3. The van der Waals surface area contributed by atoms with Crippen LogP contribution in [-0.2, 0) is 18.9 Å². The highest BCUT2D eigenvalue weighted by molar-refractivity contribution is 9.09. The minimum absolute atomic E-state index is 0.220. The monoisotopic (exact) mass is 310 g/mol. The van der Waals surface area contributed by atoms with Crippen LogP contribution in [0.5, 0.6) is 0 Å². The molecule has 0 fully saturated rings. The summed E-state index contributed by atoms with van der Waals surface area (Å²) in [6, 6.07) is 0. The minimum Gasteiger partial charge on any atom is -0.354 e. The van der Waals surface area contributed by atoms with E-state index in [1.165, 1.54) is 0 Å². The first-order valence-corrected chi connectivity index (χ1v) is 6.52. The third-order valence-corrected chi connectivity index (χ3v) is 3.50. The Morgan fingerprint density at radius 1 is 1.18 bits per heavy atom. The quantitative estimate of drug-likeness (QED) is 0.373. The standard InChI is InChI=1S/C12H23BrO4/c1-7-10(17-11(2,3)14-4)8-12(9-13,15-5)16-6/h7,10H,1,8-9H2,2-6H3. The Morgan fingerprint density at radius 2 is 1.71 bits per heavy atom. The SMILES string of the molecule is C=CC(CC(CBr)(OC)OC)OC(C)(C)OC. The molecule has 0 saturated heterocycles. The van der Waals surface area contributed by atoms with Crippen LogP contribution in [0.4, 0.5) is 0 Å². The summed E-state index contributed by atoms with van der Waals surface area (Å²) < 4.78 is 21.8.